The first-order valence-corrected chi connectivity index (χ1v) is 6.13. The molecule has 1 aliphatic rings. The quantitative estimate of drug-likeness (QED) is 0.905. The average Bonchev–Trinajstić information content (AvgIpc) is 2.57. The molecule has 2 atom stereocenters. The van der Waals surface area contributed by atoms with Gasteiger partial charge in [-0.25, -0.2) is 0 Å². The van der Waals surface area contributed by atoms with Crippen molar-refractivity contribution in [3.05, 3.63) is 27.7 Å². The Bertz CT molecular complexity index is 356. The first-order chi connectivity index (χ1) is 7.16. The van der Waals surface area contributed by atoms with E-state index in [-0.39, 0.29) is 12.2 Å². The summed E-state index contributed by atoms with van der Waals surface area (Å²) in [7, 11) is 0. The van der Waals surface area contributed by atoms with Gasteiger partial charge in [-0.05, 0) is 37.5 Å². The number of ether oxygens (including phenoxy) is 1. The summed E-state index contributed by atoms with van der Waals surface area (Å²) in [6.45, 7) is 0. The van der Waals surface area contributed by atoms with Crippen LogP contribution in [0.3, 0.4) is 0 Å². The van der Waals surface area contributed by atoms with Gasteiger partial charge in [0.05, 0.1) is 11.1 Å². The molecule has 82 valence electrons. The van der Waals surface area contributed by atoms with Crippen LogP contribution < -0.4 is 4.74 Å². The zero-order valence-electron chi connectivity index (χ0n) is 8.12. The van der Waals surface area contributed by atoms with Crippen molar-refractivity contribution in [2.24, 2.45) is 0 Å². The van der Waals surface area contributed by atoms with E-state index in [1.807, 2.05) is 12.1 Å². The van der Waals surface area contributed by atoms with Gasteiger partial charge in [-0.1, -0.05) is 27.5 Å². The van der Waals surface area contributed by atoms with E-state index in [2.05, 4.69) is 15.9 Å². The van der Waals surface area contributed by atoms with Crippen molar-refractivity contribution in [1.82, 2.24) is 0 Å². The van der Waals surface area contributed by atoms with Crippen LogP contribution in [0.5, 0.6) is 5.75 Å². The molecule has 1 saturated carbocycles. The molecule has 1 aromatic rings. The molecule has 0 saturated heterocycles. The van der Waals surface area contributed by atoms with Crippen LogP contribution in [0.15, 0.2) is 22.7 Å². The SMILES string of the molecule is O[C@H]1CCC[C@@H]1Oc1ccc(Br)cc1Cl. The van der Waals surface area contributed by atoms with Crippen LogP contribution in [0.1, 0.15) is 19.3 Å². The Morgan fingerprint density at radius 3 is 2.80 bits per heavy atom. The summed E-state index contributed by atoms with van der Waals surface area (Å²) in [6.07, 6.45) is 2.26. The van der Waals surface area contributed by atoms with Crippen molar-refractivity contribution >= 4 is 27.5 Å². The summed E-state index contributed by atoms with van der Waals surface area (Å²) < 4.78 is 6.59. The monoisotopic (exact) mass is 290 g/mol. The minimum atomic E-state index is -0.357. The van der Waals surface area contributed by atoms with Crippen LogP contribution in [-0.2, 0) is 0 Å². The fourth-order valence-corrected chi connectivity index (χ4v) is 2.50. The van der Waals surface area contributed by atoms with Crippen molar-refractivity contribution in [1.29, 1.82) is 0 Å². The lowest BCUT2D eigenvalue weighted by atomic mass is 10.2. The molecular weight excluding hydrogens is 279 g/mol. The number of hydrogen-bond donors (Lipinski definition) is 1. The number of aliphatic hydroxyl groups excluding tert-OH is 1. The number of halogens is 2. The van der Waals surface area contributed by atoms with Gasteiger partial charge in [-0.15, -0.1) is 0 Å². The number of hydrogen-bond acceptors (Lipinski definition) is 2. The van der Waals surface area contributed by atoms with Gasteiger partial charge in [0.2, 0.25) is 0 Å². The third kappa shape index (κ3) is 2.65. The van der Waals surface area contributed by atoms with Crippen molar-refractivity contribution in [2.45, 2.75) is 31.5 Å². The molecule has 0 aromatic heterocycles. The van der Waals surface area contributed by atoms with Gasteiger partial charge in [-0.2, -0.15) is 0 Å². The molecule has 0 unspecified atom stereocenters. The standard InChI is InChI=1S/C11H12BrClO2/c12-7-4-5-10(8(13)6-7)15-11-3-1-2-9(11)14/h4-6,9,11,14H,1-3H2/t9-,11-/m0/s1. The van der Waals surface area contributed by atoms with Crippen molar-refractivity contribution < 1.29 is 9.84 Å². The lowest BCUT2D eigenvalue weighted by molar-refractivity contribution is 0.0604. The largest absolute Gasteiger partial charge is 0.486 e. The summed E-state index contributed by atoms with van der Waals surface area (Å²) in [6, 6.07) is 5.48. The van der Waals surface area contributed by atoms with Crippen molar-refractivity contribution in [2.75, 3.05) is 0 Å². The van der Waals surface area contributed by atoms with E-state index in [1.54, 1.807) is 6.07 Å². The minimum absolute atomic E-state index is 0.108. The summed E-state index contributed by atoms with van der Waals surface area (Å²) in [5, 5.41) is 10.2. The third-order valence-corrected chi connectivity index (χ3v) is 3.38. The highest BCUT2D eigenvalue weighted by molar-refractivity contribution is 9.10. The summed E-state index contributed by atoms with van der Waals surface area (Å²) >= 11 is 9.35. The fraction of sp³-hybridized carbons (Fsp3) is 0.455. The Hall–Kier alpha value is -0.250. The van der Waals surface area contributed by atoms with Crippen LogP contribution in [0, 0.1) is 0 Å². The highest BCUT2D eigenvalue weighted by Gasteiger charge is 2.27. The van der Waals surface area contributed by atoms with Crippen LogP contribution in [0.25, 0.3) is 0 Å². The van der Waals surface area contributed by atoms with Gasteiger partial charge < -0.3 is 9.84 Å². The molecule has 1 aliphatic carbocycles. The first kappa shape index (κ1) is 11.2. The van der Waals surface area contributed by atoms with Crippen molar-refractivity contribution in [3.63, 3.8) is 0 Å². The van der Waals surface area contributed by atoms with Crippen molar-refractivity contribution in [3.8, 4) is 5.75 Å². The Morgan fingerprint density at radius 1 is 1.40 bits per heavy atom. The Morgan fingerprint density at radius 2 is 2.20 bits per heavy atom. The minimum Gasteiger partial charge on any atom is -0.486 e. The third-order valence-electron chi connectivity index (χ3n) is 2.59. The van der Waals surface area contributed by atoms with Gasteiger partial charge >= 0.3 is 0 Å². The van der Waals surface area contributed by atoms with E-state index in [9.17, 15) is 5.11 Å². The molecule has 1 fully saturated rings. The maximum Gasteiger partial charge on any atom is 0.138 e. The lowest BCUT2D eigenvalue weighted by Gasteiger charge is -2.17. The molecule has 4 heteroatoms. The molecule has 0 amide bonds. The van der Waals surface area contributed by atoms with E-state index in [1.165, 1.54) is 0 Å². The summed E-state index contributed by atoms with van der Waals surface area (Å²) in [5.74, 6) is 0.644. The zero-order valence-corrected chi connectivity index (χ0v) is 10.5. The Kier molecular flexibility index (Phi) is 3.54. The zero-order chi connectivity index (χ0) is 10.8. The second-order valence-electron chi connectivity index (χ2n) is 3.73. The first-order valence-electron chi connectivity index (χ1n) is 4.96. The Balaban J connectivity index is 2.10. The van der Waals surface area contributed by atoms with Gasteiger partial charge in [0.1, 0.15) is 11.9 Å². The van der Waals surface area contributed by atoms with E-state index in [4.69, 9.17) is 16.3 Å². The van der Waals surface area contributed by atoms with Crippen LogP contribution in [-0.4, -0.2) is 17.3 Å². The second-order valence-corrected chi connectivity index (χ2v) is 5.05. The van der Waals surface area contributed by atoms with E-state index < -0.39 is 0 Å². The molecule has 2 nitrogen and oxygen atoms in total. The van der Waals surface area contributed by atoms with Crippen LogP contribution >= 0.6 is 27.5 Å². The number of rotatable bonds is 2. The van der Waals surface area contributed by atoms with Crippen LogP contribution in [0.2, 0.25) is 5.02 Å². The molecule has 1 N–H and O–H groups in total. The smallest absolute Gasteiger partial charge is 0.138 e. The molecule has 0 heterocycles. The number of benzene rings is 1. The second kappa shape index (κ2) is 4.73. The summed E-state index contributed by atoms with van der Waals surface area (Å²) in [4.78, 5) is 0. The van der Waals surface area contributed by atoms with Crippen LogP contribution in [0.4, 0.5) is 0 Å². The normalized spacial score (nSPS) is 25.5. The molecule has 0 spiro atoms. The summed E-state index contributed by atoms with van der Waals surface area (Å²) in [5.41, 5.74) is 0. The van der Waals surface area contributed by atoms with E-state index in [0.717, 1.165) is 23.7 Å². The average molecular weight is 292 g/mol. The van der Waals surface area contributed by atoms with Gasteiger partial charge in [0, 0.05) is 4.47 Å². The predicted molar refractivity (Wildman–Crippen MR) is 63.4 cm³/mol. The maximum atomic E-state index is 9.62. The predicted octanol–water partition coefficient (Wildman–Crippen LogP) is 3.39. The molecule has 0 radical (unpaired) electrons. The molecule has 2 rings (SSSR count). The molecule has 1 aromatic carbocycles. The highest BCUT2D eigenvalue weighted by Crippen LogP contribution is 2.31. The number of aliphatic hydroxyl groups is 1. The maximum absolute atomic E-state index is 9.62. The van der Waals surface area contributed by atoms with E-state index >= 15 is 0 Å². The Labute approximate surface area is 102 Å². The lowest BCUT2D eigenvalue weighted by Crippen LogP contribution is -2.25. The molecule has 0 aliphatic heterocycles. The van der Waals surface area contributed by atoms with Gasteiger partial charge in [0.15, 0.2) is 0 Å². The van der Waals surface area contributed by atoms with Gasteiger partial charge in [0.25, 0.3) is 0 Å². The molecular formula is C11H12BrClO2. The molecule has 15 heavy (non-hydrogen) atoms. The molecule has 0 bridgehead atoms. The van der Waals surface area contributed by atoms with E-state index in [0.29, 0.717) is 10.8 Å². The highest BCUT2D eigenvalue weighted by atomic mass is 79.9. The fourth-order valence-electron chi connectivity index (χ4n) is 1.78. The van der Waals surface area contributed by atoms with Gasteiger partial charge in [-0.3, -0.25) is 0 Å². The topological polar surface area (TPSA) is 29.5 Å².